The Morgan fingerprint density at radius 2 is 1.83 bits per heavy atom. The first-order chi connectivity index (χ1) is 11.0. The van der Waals surface area contributed by atoms with Crippen LogP contribution in [0.15, 0.2) is 29.2 Å². The predicted octanol–water partition coefficient (Wildman–Crippen LogP) is 1.87. The molecule has 1 aliphatic heterocycles. The lowest BCUT2D eigenvalue weighted by Gasteiger charge is -2.12. The number of amides is 2. The van der Waals surface area contributed by atoms with E-state index in [4.69, 9.17) is 4.84 Å². The molecule has 0 fully saturated rings. The number of hydroxylamine groups is 2. The Kier molecular flexibility index (Phi) is 3.91. The molecule has 1 N–H and O–H groups in total. The fourth-order valence-electron chi connectivity index (χ4n) is 2.26. The summed E-state index contributed by atoms with van der Waals surface area (Å²) >= 11 is 1.24. The molecule has 0 bridgehead atoms. The van der Waals surface area contributed by atoms with Gasteiger partial charge in [0.2, 0.25) is 0 Å². The van der Waals surface area contributed by atoms with Crippen LogP contribution < -0.4 is 0 Å². The molecule has 0 atom stereocenters. The zero-order valence-corrected chi connectivity index (χ0v) is 13.3. The number of aromatic nitrogens is 2. The van der Waals surface area contributed by atoms with E-state index in [1.165, 1.54) is 23.9 Å². The van der Waals surface area contributed by atoms with E-state index in [2.05, 4.69) is 10.2 Å². The molecule has 1 aromatic heterocycles. The molecule has 0 saturated heterocycles. The summed E-state index contributed by atoms with van der Waals surface area (Å²) in [5.41, 5.74) is 2.10. The molecule has 3 rings (SSSR count). The molecular weight excluding hydrogens is 318 g/mol. The van der Waals surface area contributed by atoms with Crippen molar-refractivity contribution in [3.05, 3.63) is 46.8 Å². The number of carbonyl (C=O) groups excluding carboxylic acids is 3. The van der Waals surface area contributed by atoms with E-state index in [1.807, 2.05) is 13.8 Å². The number of fused-ring (bicyclic) bond motifs is 1. The van der Waals surface area contributed by atoms with Gasteiger partial charge in [0, 0.05) is 5.69 Å². The number of nitrogens with one attached hydrogen (secondary N) is 1. The van der Waals surface area contributed by atoms with E-state index in [1.54, 1.807) is 12.1 Å². The molecule has 2 aromatic rings. The number of rotatable bonds is 4. The molecule has 0 spiro atoms. The minimum absolute atomic E-state index is 0.0331. The number of benzene rings is 1. The number of aryl methyl sites for hydroxylation is 2. The first kappa shape index (κ1) is 15.3. The SMILES string of the molecule is Cc1n[nH]c(C)c1SCC(=O)ON1C(=O)c2ccccc2C1=O. The second kappa shape index (κ2) is 5.88. The summed E-state index contributed by atoms with van der Waals surface area (Å²) in [4.78, 5) is 41.9. The topological polar surface area (TPSA) is 92.4 Å². The smallest absolute Gasteiger partial charge is 0.329 e. The van der Waals surface area contributed by atoms with Crippen molar-refractivity contribution in [1.82, 2.24) is 15.3 Å². The highest BCUT2D eigenvalue weighted by Gasteiger charge is 2.38. The van der Waals surface area contributed by atoms with Gasteiger partial charge in [-0.2, -0.15) is 5.10 Å². The monoisotopic (exact) mass is 331 g/mol. The summed E-state index contributed by atoms with van der Waals surface area (Å²) in [6.45, 7) is 3.67. The average Bonchev–Trinajstić information content (AvgIpc) is 2.98. The molecule has 2 heterocycles. The van der Waals surface area contributed by atoms with Crippen LogP contribution >= 0.6 is 11.8 Å². The van der Waals surface area contributed by atoms with Crippen molar-refractivity contribution < 1.29 is 19.2 Å². The Hall–Kier alpha value is -2.61. The number of nitrogens with zero attached hydrogens (tertiary/aromatic N) is 2. The van der Waals surface area contributed by atoms with Crippen LogP contribution in [-0.2, 0) is 9.63 Å². The summed E-state index contributed by atoms with van der Waals surface area (Å²) < 4.78 is 0. The van der Waals surface area contributed by atoms with Gasteiger partial charge in [-0.25, -0.2) is 4.79 Å². The van der Waals surface area contributed by atoms with Crippen LogP contribution in [0.25, 0.3) is 0 Å². The standard InChI is InChI=1S/C15H13N3O4S/c1-8-13(9(2)17-16-8)23-7-12(19)22-18-14(20)10-5-3-4-6-11(10)15(18)21/h3-6H,7H2,1-2H3,(H,16,17). The van der Waals surface area contributed by atoms with E-state index < -0.39 is 17.8 Å². The van der Waals surface area contributed by atoms with Crippen LogP contribution in [0.4, 0.5) is 0 Å². The van der Waals surface area contributed by atoms with Crippen molar-refractivity contribution in [2.75, 3.05) is 5.75 Å². The Bertz CT molecular complexity index is 760. The van der Waals surface area contributed by atoms with Gasteiger partial charge in [-0.3, -0.25) is 14.7 Å². The molecule has 0 aliphatic carbocycles. The number of imide groups is 1. The lowest BCUT2D eigenvalue weighted by Crippen LogP contribution is -2.33. The Morgan fingerprint density at radius 1 is 1.22 bits per heavy atom. The highest BCUT2D eigenvalue weighted by Crippen LogP contribution is 2.26. The molecule has 1 aromatic carbocycles. The quantitative estimate of drug-likeness (QED) is 0.679. The normalized spacial score (nSPS) is 13.4. The zero-order valence-electron chi connectivity index (χ0n) is 12.5. The van der Waals surface area contributed by atoms with Gasteiger partial charge in [0.25, 0.3) is 11.8 Å². The summed E-state index contributed by atoms with van der Waals surface area (Å²) in [5.74, 6) is -1.96. The number of hydrogen-bond acceptors (Lipinski definition) is 6. The molecular formula is C15H13N3O4S. The van der Waals surface area contributed by atoms with Gasteiger partial charge in [-0.1, -0.05) is 17.2 Å². The first-order valence-corrected chi connectivity index (χ1v) is 7.80. The maximum Gasteiger partial charge on any atom is 0.343 e. The predicted molar refractivity (Wildman–Crippen MR) is 81.8 cm³/mol. The molecule has 0 saturated carbocycles. The van der Waals surface area contributed by atoms with Gasteiger partial charge >= 0.3 is 5.97 Å². The van der Waals surface area contributed by atoms with Crippen LogP contribution in [-0.4, -0.2) is 38.8 Å². The average molecular weight is 331 g/mol. The minimum Gasteiger partial charge on any atom is -0.329 e. The molecule has 0 radical (unpaired) electrons. The summed E-state index contributed by atoms with van der Waals surface area (Å²) in [6, 6.07) is 6.35. The lowest BCUT2D eigenvalue weighted by atomic mass is 10.1. The van der Waals surface area contributed by atoms with E-state index in [0.29, 0.717) is 5.06 Å². The van der Waals surface area contributed by atoms with E-state index >= 15 is 0 Å². The fourth-order valence-corrected chi connectivity index (χ4v) is 3.09. The fraction of sp³-hybridized carbons (Fsp3) is 0.200. The molecule has 0 unspecified atom stereocenters. The van der Waals surface area contributed by atoms with E-state index in [-0.39, 0.29) is 16.9 Å². The van der Waals surface area contributed by atoms with Crippen molar-refractivity contribution in [3.8, 4) is 0 Å². The highest BCUT2D eigenvalue weighted by atomic mass is 32.2. The molecule has 7 nitrogen and oxygen atoms in total. The van der Waals surface area contributed by atoms with Crippen LogP contribution in [0, 0.1) is 13.8 Å². The molecule has 1 aliphatic rings. The first-order valence-electron chi connectivity index (χ1n) is 6.82. The molecule has 8 heteroatoms. The molecule has 118 valence electrons. The van der Waals surface area contributed by atoms with Gasteiger partial charge in [0.15, 0.2) is 0 Å². The molecule has 23 heavy (non-hydrogen) atoms. The van der Waals surface area contributed by atoms with Crippen molar-refractivity contribution in [2.24, 2.45) is 0 Å². The van der Waals surface area contributed by atoms with E-state index in [0.717, 1.165) is 16.3 Å². The number of thioether (sulfide) groups is 1. The van der Waals surface area contributed by atoms with Gasteiger partial charge < -0.3 is 4.84 Å². The van der Waals surface area contributed by atoms with E-state index in [9.17, 15) is 14.4 Å². The Balaban J connectivity index is 1.65. The number of hydrogen-bond donors (Lipinski definition) is 1. The van der Waals surface area contributed by atoms with Crippen LogP contribution in [0.3, 0.4) is 0 Å². The van der Waals surface area contributed by atoms with Crippen molar-refractivity contribution in [1.29, 1.82) is 0 Å². The second-order valence-corrected chi connectivity index (χ2v) is 5.95. The number of H-pyrrole nitrogens is 1. The second-order valence-electron chi connectivity index (χ2n) is 4.97. The largest absolute Gasteiger partial charge is 0.343 e. The number of carbonyl (C=O) groups is 3. The van der Waals surface area contributed by atoms with Gasteiger partial charge in [-0.05, 0) is 26.0 Å². The van der Waals surface area contributed by atoms with Crippen LogP contribution in [0.1, 0.15) is 32.1 Å². The third-order valence-electron chi connectivity index (χ3n) is 3.34. The highest BCUT2D eigenvalue weighted by molar-refractivity contribution is 8.00. The maximum absolute atomic E-state index is 12.1. The zero-order chi connectivity index (χ0) is 16.6. The minimum atomic E-state index is -0.676. The maximum atomic E-state index is 12.1. The van der Waals surface area contributed by atoms with Crippen LogP contribution in [0.5, 0.6) is 0 Å². The van der Waals surface area contributed by atoms with Crippen LogP contribution in [0.2, 0.25) is 0 Å². The van der Waals surface area contributed by atoms with Crippen molar-refractivity contribution in [2.45, 2.75) is 18.7 Å². The summed E-state index contributed by atoms with van der Waals surface area (Å²) in [5, 5.41) is 7.37. The van der Waals surface area contributed by atoms with Crippen molar-refractivity contribution >= 4 is 29.5 Å². The summed E-state index contributed by atoms with van der Waals surface area (Å²) in [7, 11) is 0. The molecule has 2 amide bonds. The summed E-state index contributed by atoms with van der Waals surface area (Å²) in [6.07, 6.45) is 0. The van der Waals surface area contributed by atoms with Gasteiger partial charge in [0.05, 0.1) is 27.5 Å². The van der Waals surface area contributed by atoms with Gasteiger partial charge in [0.1, 0.15) is 0 Å². The third kappa shape index (κ3) is 2.72. The Labute approximate surface area is 136 Å². The lowest BCUT2D eigenvalue weighted by molar-refractivity contribution is -0.165. The Morgan fingerprint density at radius 3 is 2.35 bits per heavy atom. The van der Waals surface area contributed by atoms with Crippen molar-refractivity contribution in [3.63, 3.8) is 0 Å². The third-order valence-corrected chi connectivity index (χ3v) is 4.62. The van der Waals surface area contributed by atoms with Gasteiger partial charge in [-0.15, -0.1) is 11.8 Å². The number of aromatic amines is 1.